The molecule has 0 aliphatic carbocycles. The molecule has 2 heterocycles. The van der Waals surface area contributed by atoms with Gasteiger partial charge in [0.2, 0.25) is 5.13 Å². The lowest BCUT2D eigenvalue weighted by Gasteiger charge is -2.04. The highest BCUT2D eigenvalue weighted by molar-refractivity contribution is 7.15. The molecule has 0 saturated carbocycles. The lowest BCUT2D eigenvalue weighted by Crippen LogP contribution is -2.16. The molecule has 0 atom stereocenters. The van der Waals surface area contributed by atoms with Crippen molar-refractivity contribution in [1.29, 1.82) is 0 Å². The number of nitrogens with zero attached hydrogens (tertiary/aromatic N) is 4. The number of rotatable bonds is 5. The van der Waals surface area contributed by atoms with Crippen molar-refractivity contribution in [2.75, 3.05) is 12.4 Å². The van der Waals surface area contributed by atoms with Crippen molar-refractivity contribution in [3.05, 3.63) is 46.7 Å². The summed E-state index contributed by atoms with van der Waals surface area (Å²) >= 11 is 1.34. The maximum absolute atomic E-state index is 12.3. The van der Waals surface area contributed by atoms with Crippen LogP contribution < -0.4 is 10.1 Å². The van der Waals surface area contributed by atoms with E-state index in [1.165, 1.54) is 16.0 Å². The minimum Gasteiger partial charge on any atom is -0.497 e. The highest BCUT2D eigenvalue weighted by atomic mass is 32.1. The summed E-state index contributed by atoms with van der Waals surface area (Å²) in [6, 6.07) is 9.39. The van der Waals surface area contributed by atoms with Gasteiger partial charge in [0, 0.05) is 17.4 Å². The summed E-state index contributed by atoms with van der Waals surface area (Å²) in [5.41, 5.74) is 2.48. The first-order valence-electron chi connectivity index (χ1n) is 7.35. The fraction of sp³-hybridized carbons (Fsp3) is 0.250. The van der Waals surface area contributed by atoms with E-state index in [1.54, 1.807) is 7.11 Å². The van der Waals surface area contributed by atoms with Gasteiger partial charge in [-0.25, -0.2) is 4.68 Å². The van der Waals surface area contributed by atoms with Crippen molar-refractivity contribution in [3.8, 4) is 5.75 Å². The summed E-state index contributed by atoms with van der Waals surface area (Å²) in [5.74, 6) is 0.633. The molecule has 0 unspecified atom stereocenters. The lowest BCUT2D eigenvalue weighted by molar-refractivity contribution is 0.0895. The van der Waals surface area contributed by atoms with Crippen molar-refractivity contribution < 1.29 is 9.53 Å². The maximum Gasteiger partial charge on any atom is 0.254 e. The van der Waals surface area contributed by atoms with Gasteiger partial charge in [-0.05, 0) is 32.0 Å². The Balaban J connectivity index is 1.69. The van der Waals surface area contributed by atoms with Gasteiger partial charge in [-0.2, -0.15) is 5.10 Å². The quantitative estimate of drug-likeness (QED) is 0.767. The number of carbonyl (C=O) groups excluding carboxylic acids is 1. The number of hydrogen-bond acceptors (Lipinski definition) is 7. The van der Waals surface area contributed by atoms with E-state index in [9.17, 15) is 4.79 Å². The predicted molar refractivity (Wildman–Crippen MR) is 92.2 cm³/mol. The highest BCUT2D eigenvalue weighted by Crippen LogP contribution is 2.24. The molecule has 0 spiro atoms. The predicted octanol–water partition coefficient (Wildman–Crippen LogP) is 2.99. The zero-order valence-corrected chi connectivity index (χ0v) is 14.4. The molecule has 0 bridgehead atoms. The molecular weight excluding hydrogens is 326 g/mol. The smallest absolute Gasteiger partial charge is 0.254 e. The Hall–Kier alpha value is -2.74. The Labute approximate surface area is 143 Å². The van der Waals surface area contributed by atoms with Crippen LogP contribution in [0.2, 0.25) is 0 Å². The molecule has 0 amide bonds. The number of methoxy groups -OCH3 is 1. The molecular formula is C16H17N5O2S. The van der Waals surface area contributed by atoms with Crippen LogP contribution in [0.25, 0.3) is 0 Å². The van der Waals surface area contributed by atoms with Crippen LogP contribution in [0.4, 0.5) is 10.8 Å². The number of ether oxygens (including phenoxy) is 1. The molecule has 3 aromatic rings. The van der Waals surface area contributed by atoms with E-state index in [4.69, 9.17) is 4.74 Å². The lowest BCUT2D eigenvalue weighted by atomic mass is 10.3. The molecule has 8 heteroatoms. The third kappa shape index (κ3) is 3.60. The van der Waals surface area contributed by atoms with Crippen LogP contribution in [0.1, 0.15) is 21.2 Å². The van der Waals surface area contributed by atoms with Gasteiger partial charge in [0.05, 0.1) is 19.2 Å². The van der Waals surface area contributed by atoms with E-state index in [0.29, 0.717) is 10.1 Å². The molecule has 2 aromatic heterocycles. The molecule has 0 radical (unpaired) electrons. The zero-order chi connectivity index (χ0) is 17.1. The van der Waals surface area contributed by atoms with Gasteiger partial charge in [0.1, 0.15) is 10.8 Å². The van der Waals surface area contributed by atoms with Crippen LogP contribution in [0.5, 0.6) is 5.75 Å². The molecule has 0 saturated heterocycles. The molecule has 3 rings (SSSR count). The minimum absolute atomic E-state index is 0.121. The van der Waals surface area contributed by atoms with Gasteiger partial charge in [-0.1, -0.05) is 17.4 Å². The second kappa shape index (κ2) is 6.79. The summed E-state index contributed by atoms with van der Waals surface area (Å²) in [7, 11) is 1.62. The number of aryl methyl sites for hydroxylation is 2. The van der Waals surface area contributed by atoms with Gasteiger partial charge in [0.15, 0.2) is 0 Å². The average molecular weight is 343 g/mol. The van der Waals surface area contributed by atoms with Crippen LogP contribution in [0, 0.1) is 13.8 Å². The Morgan fingerprint density at radius 3 is 2.83 bits per heavy atom. The molecule has 24 heavy (non-hydrogen) atoms. The summed E-state index contributed by atoms with van der Waals surface area (Å²) in [6.45, 7) is 3.71. The van der Waals surface area contributed by atoms with E-state index >= 15 is 0 Å². The summed E-state index contributed by atoms with van der Waals surface area (Å²) < 4.78 is 6.59. The number of carbonyl (C=O) groups is 1. The third-order valence-corrected chi connectivity index (χ3v) is 4.17. The summed E-state index contributed by atoms with van der Waals surface area (Å²) in [5, 5.41) is 16.8. The number of aromatic nitrogens is 4. The van der Waals surface area contributed by atoms with Crippen LogP contribution in [0.3, 0.4) is 0 Å². The number of nitrogens with one attached hydrogen (secondary N) is 1. The average Bonchev–Trinajstić information content (AvgIpc) is 3.13. The standard InChI is InChI=1S/C16H17N5O2S/c1-10-7-11(2)21(20-10)15(22)9-14-18-19-16(24-14)17-12-5-4-6-13(8-12)23-3/h4-8H,9H2,1-3H3,(H,17,19). The van der Waals surface area contributed by atoms with E-state index in [2.05, 4.69) is 20.6 Å². The number of hydrogen-bond donors (Lipinski definition) is 1. The molecule has 0 aliphatic rings. The Morgan fingerprint density at radius 1 is 1.29 bits per heavy atom. The second-order valence-corrected chi connectivity index (χ2v) is 6.33. The van der Waals surface area contributed by atoms with Crippen molar-refractivity contribution in [1.82, 2.24) is 20.0 Å². The largest absolute Gasteiger partial charge is 0.497 e. The fourth-order valence-electron chi connectivity index (χ4n) is 2.29. The van der Waals surface area contributed by atoms with E-state index in [0.717, 1.165) is 22.8 Å². The number of benzene rings is 1. The second-order valence-electron chi connectivity index (χ2n) is 5.27. The number of anilines is 2. The first-order chi connectivity index (χ1) is 11.5. The minimum atomic E-state index is -0.121. The SMILES string of the molecule is COc1cccc(Nc2nnc(CC(=O)n3nc(C)cc3C)s2)c1. The molecule has 0 aliphatic heterocycles. The monoisotopic (exact) mass is 343 g/mol. The van der Waals surface area contributed by atoms with Gasteiger partial charge in [-0.3, -0.25) is 4.79 Å². The van der Waals surface area contributed by atoms with Gasteiger partial charge < -0.3 is 10.1 Å². The van der Waals surface area contributed by atoms with Crippen molar-refractivity contribution in [2.45, 2.75) is 20.3 Å². The highest BCUT2D eigenvalue weighted by Gasteiger charge is 2.14. The summed E-state index contributed by atoms with van der Waals surface area (Å²) in [4.78, 5) is 12.3. The van der Waals surface area contributed by atoms with E-state index in [-0.39, 0.29) is 12.3 Å². The zero-order valence-electron chi connectivity index (χ0n) is 13.6. The fourth-order valence-corrected chi connectivity index (χ4v) is 3.04. The van der Waals surface area contributed by atoms with Crippen LogP contribution in [-0.2, 0) is 6.42 Å². The Bertz CT molecular complexity index is 871. The normalized spacial score (nSPS) is 10.6. The first-order valence-corrected chi connectivity index (χ1v) is 8.17. The molecule has 1 N–H and O–H groups in total. The van der Waals surface area contributed by atoms with E-state index < -0.39 is 0 Å². The summed E-state index contributed by atoms with van der Waals surface area (Å²) in [6.07, 6.45) is 0.166. The first kappa shape index (κ1) is 16.1. The Kier molecular flexibility index (Phi) is 4.57. The maximum atomic E-state index is 12.3. The van der Waals surface area contributed by atoms with Crippen molar-refractivity contribution >= 4 is 28.1 Å². The Morgan fingerprint density at radius 2 is 2.12 bits per heavy atom. The van der Waals surface area contributed by atoms with Crippen LogP contribution in [0.15, 0.2) is 30.3 Å². The molecule has 1 aromatic carbocycles. The van der Waals surface area contributed by atoms with E-state index in [1.807, 2.05) is 44.2 Å². The van der Waals surface area contributed by atoms with Crippen LogP contribution >= 0.6 is 11.3 Å². The van der Waals surface area contributed by atoms with Gasteiger partial charge >= 0.3 is 0 Å². The van der Waals surface area contributed by atoms with Crippen molar-refractivity contribution in [3.63, 3.8) is 0 Å². The van der Waals surface area contributed by atoms with Crippen molar-refractivity contribution in [2.24, 2.45) is 0 Å². The molecule has 0 fully saturated rings. The van der Waals surface area contributed by atoms with Gasteiger partial charge in [-0.15, -0.1) is 10.2 Å². The van der Waals surface area contributed by atoms with Crippen LogP contribution in [-0.4, -0.2) is 33.0 Å². The van der Waals surface area contributed by atoms with Gasteiger partial charge in [0.25, 0.3) is 5.91 Å². The third-order valence-electron chi connectivity index (χ3n) is 3.34. The molecule has 7 nitrogen and oxygen atoms in total. The topological polar surface area (TPSA) is 81.9 Å². The molecule has 124 valence electrons.